The minimum atomic E-state index is -0.856. The highest BCUT2D eigenvalue weighted by atomic mass is 35.5. The number of aryl methyl sites for hydroxylation is 1. The van der Waals surface area contributed by atoms with E-state index in [0.717, 1.165) is 11.1 Å². The van der Waals surface area contributed by atoms with E-state index in [1.54, 1.807) is 13.0 Å². The summed E-state index contributed by atoms with van der Waals surface area (Å²) in [4.78, 5) is 11.6. The van der Waals surface area contributed by atoms with Crippen molar-refractivity contribution in [3.8, 4) is 11.1 Å². The van der Waals surface area contributed by atoms with Gasteiger partial charge in [-0.2, -0.15) is 0 Å². The van der Waals surface area contributed by atoms with Gasteiger partial charge >= 0.3 is 5.97 Å². The van der Waals surface area contributed by atoms with Crippen molar-refractivity contribution in [1.82, 2.24) is 0 Å². The molecule has 2 N–H and O–H groups in total. The van der Waals surface area contributed by atoms with Gasteiger partial charge in [-0.15, -0.1) is 0 Å². The third-order valence-electron chi connectivity index (χ3n) is 3.62. The largest absolute Gasteiger partial charge is 0.466 e. The van der Waals surface area contributed by atoms with Crippen LogP contribution < -0.4 is 5.73 Å². The molecule has 2 aromatic rings. The number of esters is 1. The quantitative estimate of drug-likeness (QED) is 0.823. The van der Waals surface area contributed by atoms with Gasteiger partial charge in [0.25, 0.3) is 0 Å². The Morgan fingerprint density at radius 1 is 1.26 bits per heavy atom. The minimum Gasteiger partial charge on any atom is -0.466 e. The summed E-state index contributed by atoms with van der Waals surface area (Å²) < 4.78 is 19.1. The number of carbonyl (C=O) groups is 1. The van der Waals surface area contributed by atoms with E-state index in [0.29, 0.717) is 5.56 Å². The highest BCUT2D eigenvalue weighted by molar-refractivity contribution is 6.34. The Bertz CT molecular complexity index is 718. The summed E-state index contributed by atoms with van der Waals surface area (Å²) in [6.45, 7) is 3.91. The van der Waals surface area contributed by atoms with Crippen LogP contribution in [0.2, 0.25) is 5.02 Å². The second-order valence-corrected chi connectivity index (χ2v) is 5.63. The lowest BCUT2D eigenvalue weighted by atomic mass is 9.95. The van der Waals surface area contributed by atoms with Crippen molar-refractivity contribution in [2.45, 2.75) is 26.3 Å². The lowest BCUT2D eigenvalue weighted by molar-refractivity contribution is -0.143. The van der Waals surface area contributed by atoms with Gasteiger partial charge in [0.1, 0.15) is 5.82 Å². The summed E-state index contributed by atoms with van der Waals surface area (Å²) in [5.74, 6) is -0.999. The second-order valence-electron chi connectivity index (χ2n) is 5.25. The Morgan fingerprint density at radius 3 is 2.61 bits per heavy atom. The molecule has 0 spiro atoms. The zero-order valence-corrected chi connectivity index (χ0v) is 13.9. The van der Waals surface area contributed by atoms with Crippen LogP contribution in [0.1, 0.15) is 30.5 Å². The van der Waals surface area contributed by atoms with E-state index in [-0.39, 0.29) is 23.6 Å². The molecule has 2 rings (SSSR count). The number of benzene rings is 2. The lowest BCUT2D eigenvalue weighted by Gasteiger charge is -2.17. The van der Waals surface area contributed by atoms with Crippen molar-refractivity contribution in [3.63, 3.8) is 0 Å². The molecule has 0 heterocycles. The van der Waals surface area contributed by atoms with Crippen LogP contribution in [0.3, 0.4) is 0 Å². The SMILES string of the molecule is CCOC(=O)CC(N)c1c(F)ccc(-c2ccccc2C)c1Cl. The predicted octanol–water partition coefficient (Wildman–Crippen LogP) is 4.41. The third kappa shape index (κ3) is 3.89. The fourth-order valence-electron chi connectivity index (χ4n) is 2.49. The van der Waals surface area contributed by atoms with Gasteiger partial charge in [0.2, 0.25) is 0 Å². The number of carbonyl (C=O) groups excluding carboxylic acids is 1. The third-order valence-corrected chi connectivity index (χ3v) is 4.03. The van der Waals surface area contributed by atoms with Gasteiger partial charge < -0.3 is 10.5 Å². The summed E-state index contributed by atoms with van der Waals surface area (Å²) in [5.41, 5.74) is 8.75. The molecule has 0 radical (unpaired) electrons. The zero-order chi connectivity index (χ0) is 17.0. The first kappa shape index (κ1) is 17.4. The molecule has 0 saturated carbocycles. The zero-order valence-electron chi connectivity index (χ0n) is 13.1. The van der Waals surface area contributed by atoms with Crippen LogP contribution in [-0.4, -0.2) is 12.6 Å². The molecular formula is C18H19ClFNO2. The summed E-state index contributed by atoms with van der Waals surface area (Å²) in [6.07, 6.45) is -0.123. The normalized spacial score (nSPS) is 12.0. The summed E-state index contributed by atoms with van der Waals surface area (Å²) in [5, 5.41) is 0.232. The van der Waals surface area contributed by atoms with Crippen LogP contribution in [0.5, 0.6) is 0 Å². The monoisotopic (exact) mass is 335 g/mol. The van der Waals surface area contributed by atoms with E-state index in [1.165, 1.54) is 6.07 Å². The van der Waals surface area contributed by atoms with Crippen LogP contribution in [0.25, 0.3) is 11.1 Å². The lowest BCUT2D eigenvalue weighted by Crippen LogP contribution is -2.19. The van der Waals surface area contributed by atoms with E-state index in [4.69, 9.17) is 22.1 Å². The van der Waals surface area contributed by atoms with E-state index < -0.39 is 17.8 Å². The molecule has 0 fully saturated rings. The average Bonchev–Trinajstić information content (AvgIpc) is 2.48. The molecule has 23 heavy (non-hydrogen) atoms. The van der Waals surface area contributed by atoms with Crippen LogP contribution in [0.15, 0.2) is 36.4 Å². The smallest absolute Gasteiger partial charge is 0.307 e. The van der Waals surface area contributed by atoms with Crippen molar-refractivity contribution < 1.29 is 13.9 Å². The first-order valence-corrected chi connectivity index (χ1v) is 7.78. The Hall–Kier alpha value is -1.91. The van der Waals surface area contributed by atoms with E-state index in [9.17, 15) is 9.18 Å². The van der Waals surface area contributed by atoms with E-state index in [1.807, 2.05) is 31.2 Å². The average molecular weight is 336 g/mol. The number of halogens is 2. The molecule has 0 aromatic heterocycles. The van der Waals surface area contributed by atoms with Gasteiger partial charge in [-0.05, 0) is 37.1 Å². The summed E-state index contributed by atoms with van der Waals surface area (Å²) >= 11 is 6.40. The van der Waals surface area contributed by atoms with Gasteiger partial charge in [-0.1, -0.05) is 35.9 Å². The molecule has 0 saturated heterocycles. The first-order chi connectivity index (χ1) is 11.0. The fraction of sp³-hybridized carbons (Fsp3) is 0.278. The maximum absolute atomic E-state index is 14.2. The number of rotatable bonds is 5. The van der Waals surface area contributed by atoms with Crippen LogP contribution in [0.4, 0.5) is 4.39 Å². The fourth-order valence-corrected chi connectivity index (χ4v) is 2.89. The molecule has 0 aliphatic rings. The highest BCUT2D eigenvalue weighted by Crippen LogP contribution is 2.37. The topological polar surface area (TPSA) is 52.3 Å². The predicted molar refractivity (Wildman–Crippen MR) is 89.8 cm³/mol. The molecule has 1 unspecified atom stereocenters. The number of nitrogens with two attached hydrogens (primary N) is 1. The van der Waals surface area contributed by atoms with Gasteiger partial charge in [-0.25, -0.2) is 4.39 Å². The summed E-state index contributed by atoms with van der Waals surface area (Å²) in [7, 11) is 0. The molecule has 2 aromatic carbocycles. The maximum Gasteiger partial charge on any atom is 0.307 e. The maximum atomic E-state index is 14.2. The highest BCUT2D eigenvalue weighted by Gasteiger charge is 2.22. The van der Waals surface area contributed by atoms with Crippen LogP contribution >= 0.6 is 11.6 Å². The molecule has 5 heteroatoms. The minimum absolute atomic E-state index is 0.123. The van der Waals surface area contributed by atoms with Gasteiger partial charge in [0, 0.05) is 17.2 Å². The van der Waals surface area contributed by atoms with Crippen molar-refractivity contribution in [2.75, 3.05) is 6.61 Å². The molecular weight excluding hydrogens is 317 g/mol. The van der Waals surface area contributed by atoms with E-state index in [2.05, 4.69) is 0 Å². The molecule has 0 aliphatic heterocycles. The molecule has 0 aliphatic carbocycles. The van der Waals surface area contributed by atoms with E-state index >= 15 is 0 Å². The Balaban J connectivity index is 2.43. The first-order valence-electron chi connectivity index (χ1n) is 7.40. The standard InChI is InChI=1S/C18H19ClFNO2/c1-3-23-16(22)10-15(21)17-14(20)9-8-13(18(17)19)12-7-5-4-6-11(12)2/h4-9,15H,3,10,21H2,1-2H3. The number of hydrogen-bond donors (Lipinski definition) is 1. The van der Waals surface area contributed by atoms with Crippen LogP contribution in [0, 0.1) is 12.7 Å². The van der Waals surface area contributed by atoms with Crippen molar-refractivity contribution in [3.05, 3.63) is 58.4 Å². The molecule has 3 nitrogen and oxygen atoms in total. The van der Waals surface area contributed by atoms with Crippen LogP contribution in [-0.2, 0) is 9.53 Å². The summed E-state index contributed by atoms with van der Waals surface area (Å²) in [6, 6.07) is 9.77. The molecule has 0 amide bonds. The number of hydrogen-bond acceptors (Lipinski definition) is 3. The van der Waals surface area contributed by atoms with Crippen molar-refractivity contribution in [1.29, 1.82) is 0 Å². The molecule has 0 bridgehead atoms. The van der Waals surface area contributed by atoms with Gasteiger partial charge in [-0.3, -0.25) is 4.79 Å². The van der Waals surface area contributed by atoms with Gasteiger partial charge in [0.05, 0.1) is 18.1 Å². The van der Waals surface area contributed by atoms with Crippen molar-refractivity contribution >= 4 is 17.6 Å². The van der Waals surface area contributed by atoms with Crippen molar-refractivity contribution in [2.24, 2.45) is 5.73 Å². The molecule has 1 atom stereocenters. The Labute approximate surface area is 140 Å². The second kappa shape index (κ2) is 7.57. The Kier molecular flexibility index (Phi) is 5.74. The Morgan fingerprint density at radius 2 is 1.96 bits per heavy atom. The molecule has 122 valence electrons. The number of ether oxygens (including phenoxy) is 1. The van der Waals surface area contributed by atoms with Gasteiger partial charge in [0.15, 0.2) is 0 Å².